The molecule has 50 heavy (non-hydrogen) atoms. The normalized spacial score (nSPS) is 11.6. The predicted molar refractivity (Wildman–Crippen MR) is 198 cm³/mol. The number of carbonyl (C=O) groups is 5. The van der Waals surface area contributed by atoms with Crippen molar-refractivity contribution in [3.63, 3.8) is 0 Å². The van der Waals surface area contributed by atoms with Gasteiger partial charge in [-0.25, -0.2) is 0 Å². The van der Waals surface area contributed by atoms with E-state index in [1.54, 1.807) is 6.92 Å². The maximum atomic E-state index is 12.5. The Morgan fingerprint density at radius 1 is 0.540 bits per heavy atom. The van der Waals surface area contributed by atoms with Crippen molar-refractivity contribution in [3.05, 3.63) is 0 Å². The second-order valence-corrected chi connectivity index (χ2v) is 13.0. The van der Waals surface area contributed by atoms with Crippen molar-refractivity contribution >= 4 is 45.5 Å². The highest BCUT2D eigenvalue weighted by atomic mass is 79.9. The smallest absolute Gasteiger partial charge is 0.303 e. The van der Waals surface area contributed by atoms with Crippen LogP contribution in [0.4, 0.5) is 0 Å². The van der Waals surface area contributed by atoms with Gasteiger partial charge >= 0.3 is 5.97 Å². The number of carboxylic acids is 1. The molecule has 0 heterocycles. The summed E-state index contributed by atoms with van der Waals surface area (Å²) in [6.45, 7) is 5.32. The van der Waals surface area contributed by atoms with Crippen LogP contribution in [0.3, 0.4) is 0 Å². The molecule has 0 unspecified atom stereocenters. The zero-order valence-corrected chi connectivity index (χ0v) is 32.3. The lowest BCUT2D eigenvalue weighted by molar-refractivity contribution is -0.137. The van der Waals surface area contributed by atoms with Gasteiger partial charge in [-0.15, -0.1) is 0 Å². The Labute approximate surface area is 309 Å². The molecule has 0 aliphatic heterocycles. The van der Waals surface area contributed by atoms with Crippen LogP contribution in [0.5, 0.6) is 0 Å². The van der Waals surface area contributed by atoms with Gasteiger partial charge < -0.3 is 40.6 Å². The number of ether oxygens (including phenoxy) is 3. The number of hydrogen-bond donors (Lipinski definition) is 5. The molecule has 1 atom stereocenters. The zero-order chi connectivity index (χ0) is 36.9. The number of carboxylic acid groups (broad SMARTS) is 1. The molecular weight excluding hydrogens is 712 g/mol. The van der Waals surface area contributed by atoms with Crippen LogP contribution in [0, 0.1) is 0 Å². The van der Waals surface area contributed by atoms with Crippen molar-refractivity contribution in [1.29, 1.82) is 0 Å². The molecule has 0 aliphatic carbocycles. The van der Waals surface area contributed by atoms with Gasteiger partial charge in [0.05, 0.1) is 45.0 Å². The molecule has 4 amide bonds. The Kier molecular flexibility index (Phi) is 34.8. The van der Waals surface area contributed by atoms with Gasteiger partial charge in [-0.05, 0) is 25.7 Å². The van der Waals surface area contributed by atoms with E-state index in [1.807, 2.05) is 0 Å². The molecule has 0 aromatic carbocycles. The van der Waals surface area contributed by atoms with Gasteiger partial charge in [0.25, 0.3) is 0 Å². The van der Waals surface area contributed by atoms with E-state index in [2.05, 4.69) is 37.2 Å². The van der Waals surface area contributed by atoms with Crippen LogP contribution >= 0.6 is 15.9 Å². The van der Waals surface area contributed by atoms with Gasteiger partial charge in [0.2, 0.25) is 23.6 Å². The first kappa shape index (κ1) is 47.7. The second kappa shape index (κ2) is 36.5. The minimum Gasteiger partial charge on any atom is -0.481 e. The number of hydrogen-bond acceptors (Lipinski definition) is 8. The van der Waals surface area contributed by atoms with Crippen molar-refractivity contribution in [2.24, 2.45) is 0 Å². The van der Waals surface area contributed by atoms with E-state index in [9.17, 15) is 24.0 Å². The Morgan fingerprint density at radius 3 is 1.46 bits per heavy atom. The van der Waals surface area contributed by atoms with Crippen molar-refractivity contribution < 1.29 is 43.3 Å². The van der Waals surface area contributed by atoms with Crippen LogP contribution in [0.15, 0.2) is 0 Å². The van der Waals surface area contributed by atoms with Gasteiger partial charge in [-0.1, -0.05) is 99.9 Å². The first-order valence-electron chi connectivity index (χ1n) is 18.9. The fourth-order valence-corrected chi connectivity index (χ4v) is 5.27. The van der Waals surface area contributed by atoms with Gasteiger partial charge in [0.1, 0.15) is 6.04 Å². The molecule has 0 spiro atoms. The third-order valence-electron chi connectivity index (χ3n) is 7.99. The highest BCUT2D eigenvalue weighted by Crippen LogP contribution is 2.13. The van der Waals surface area contributed by atoms with E-state index >= 15 is 0 Å². The molecule has 13 nitrogen and oxygen atoms in total. The van der Waals surface area contributed by atoms with E-state index in [4.69, 9.17) is 19.3 Å². The average Bonchev–Trinajstić information content (AvgIpc) is 3.10. The van der Waals surface area contributed by atoms with Crippen LogP contribution in [-0.4, -0.2) is 105 Å². The largest absolute Gasteiger partial charge is 0.481 e. The Balaban J connectivity index is 3.51. The second-order valence-electron chi connectivity index (χ2n) is 12.4. The lowest BCUT2D eigenvalue weighted by Gasteiger charge is -2.18. The average molecular weight is 780 g/mol. The molecule has 0 saturated carbocycles. The summed E-state index contributed by atoms with van der Waals surface area (Å²) in [5.41, 5.74) is 0. The highest BCUT2D eigenvalue weighted by Gasteiger charge is 2.19. The highest BCUT2D eigenvalue weighted by molar-refractivity contribution is 9.09. The van der Waals surface area contributed by atoms with Gasteiger partial charge in [0, 0.05) is 38.9 Å². The van der Waals surface area contributed by atoms with Crippen LogP contribution in [0.25, 0.3) is 0 Å². The van der Waals surface area contributed by atoms with Crippen LogP contribution in [-0.2, 0) is 38.2 Å². The van der Waals surface area contributed by atoms with E-state index < -0.39 is 12.0 Å². The number of unbranched alkanes of at least 4 members (excludes halogenated alkanes) is 13. The minimum atomic E-state index is -0.691. The molecule has 5 N–H and O–H groups in total. The number of amides is 4. The molecule has 0 saturated heterocycles. The van der Waals surface area contributed by atoms with Crippen LogP contribution in [0.2, 0.25) is 0 Å². The molecule has 292 valence electrons. The van der Waals surface area contributed by atoms with E-state index in [-0.39, 0.29) is 29.0 Å². The van der Waals surface area contributed by atoms with Crippen LogP contribution in [0.1, 0.15) is 129 Å². The number of alkyl halides is 1. The minimum absolute atomic E-state index is 0.0523. The summed E-state index contributed by atoms with van der Waals surface area (Å²) in [4.78, 5) is 58.1. The summed E-state index contributed by atoms with van der Waals surface area (Å²) >= 11 is 3.09. The molecule has 0 aromatic rings. The maximum absolute atomic E-state index is 12.5. The Morgan fingerprint density at radius 2 is 0.980 bits per heavy atom. The first-order chi connectivity index (χ1) is 24.3. The lowest BCUT2D eigenvalue weighted by Crippen LogP contribution is -2.48. The molecule has 0 aromatic heterocycles. The summed E-state index contributed by atoms with van der Waals surface area (Å²) in [7, 11) is 0. The standard InChI is InChI=1S/C36H67BrN4O9/c1-2-32(42)38-21-17-18-31(41-34(44)30-37)36(47)40-23-25-49-27-29-50-28-26-48-24-22-39-33(43)19-15-13-11-9-7-5-3-4-6-8-10-12-14-16-20-35(45)46/h31H,2-30H2,1H3,(H,38,42)(H,39,43)(H,40,47)(H,41,44)(H,45,46)/t31-/m0/s1. The summed E-state index contributed by atoms with van der Waals surface area (Å²) < 4.78 is 16.5. The molecular formula is C36H67BrN4O9. The Hall–Kier alpha value is -2.29. The van der Waals surface area contributed by atoms with Crippen LogP contribution < -0.4 is 21.3 Å². The fourth-order valence-electron chi connectivity index (χ4n) is 5.11. The quantitative estimate of drug-likeness (QED) is 0.0438. The van der Waals surface area contributed by atoms with Crippen molar-refractivity contribution in [1.82, 2.24) is 21.3 Å². The summed E-state index contributed by atoms with van der Waals surface area (Å²) in [5, 5.41) is 19.8. The van der Waals surface area contributed by atoms with Gasteiger partial charge in [0.15, 0.2) is 0 Å². The first-order valence-corrected chi connectivity index (χ1v) is 20.0. The lowest BCUT2D eigenvalue weighted by atomic mass is 10.0. The van der Waals surface area contributed by atoms with E-state index in [1.165, 1.54) is 57.8 Å². The van der Waals surface area contributed by atoms with Gasteiger partial charge in [-0.3, -0.25) is 24.0 Å². The zero-order valence-electron chi connectivity index (χ0n) is 30.7. The predicted octanol–water partition coefficient (Wildman–Crippen LogP) is 4.78. The molecule has 0 fully saturated rings. The third-order valence-corrected chi connectivity index (χ3v) is 8.50. The molecule has 14 heteroatoms. The molecule has 0 aliphatic rings. The monoisotopic (exact) mass is 778 g/mol. The number of aliphatic carboxylic acids is 1. The number of nitrogens with one attached hydrogen (secondary N) is 4. The maximum Gasteiger partial charge on any atom is 0.303 e. The SMILES string of the molecule is CCC(=O)NCCC[C@H](NC(=O)CBr)C(=O)NCCOCCOCCOCCNC(=O)CCCCCCCCCCCCCCCCC(=O)O. The summed E-state index contributed by atoms with van der Waals surface area (Å²) in [6.07, 6.45) is 18.5. The Bertz CT molecular complexity index is 883. The fraction of sp³-hybridized carbons (Fsp3) is 0.861. The van der Waals surface area contributed by atoms with E-state index in [0.717, 1.165) is 32.1 Å². The number of rotatable bonds is 37. The molecule has 0 rings (SSSR count). The summed E-state index contributed by atoms with van der Waals surface area (Å²) in [5.74, 6) is -1.26. The topological polar surface area (TPSA) is 181 Å². The molecule has 0 bridgehead atoms. The van der Waals surface area contributed by atoms with E-state index in [0.29, 0.717) is 91.4 Å². The van der Waals surface area contributed by atoms with Crippen molar-refractivity contribution in [2.75, 3.05) is 64.6 Å². The third kappa shape index (κ3) is 34.2. The van der Waals surface area contributed by atoms with Crippen molar-refractivity contribution in [2.45, 2.75) is 135 Å². The number of halogens is 1. The molecule has 0 radical (unpaired) electrons. The summed E-state index contributed by atoms with van der Waals surface area (Å²) in [6, 6.07) is -0.685. The van der Waals surface area contributed by atoms with Crippen molar-refractivity contribution in [3.8, 4) is 0 Å². The van der Waals surface area contributed by atoms with Gasteiger partial charge in [-0.2, -0.15) is 0 Å². The number of carbonyl (C=O) groups excluding carboxylic acids is 4.